The molecule has 118 valence electrons. The Labute approximate surface area is 137 Å². The minimum Gasteiger partial charge on any atom is -0.373 e. The summed E-state index contributed by atoms with van der Waals surface area (Å²) in [7, 11) is 1.86. The van der Waals surface area contributed by atoms with E-state index in [0.717, 1.165) is 5.69 Å². The van der Waals surface area contributed by atoms with Gasteiger partial charge in [0.05, 0.1) is 17.2 Å². The van der Waals surface area contributed by atoms with Crippen molar-refractivity contribution in [1.82, 2.24) is 4.90 Å². The van der Waals surface area contributed by atoms with Crippen LogP contribution in [0, 0.1) is 10.1 Å². The first-order valence-electron chi connectivity index (χ1n) is 6.99. The molecule has 0 amide bonds. The van der Waals surface area contributed by atoms with Crippen LogP contribution in [0.2, 0.25) is 0 Å². The van der Waals surface area contributed by atoms with Gasteiger partial charge in [-0.15, -0.1) is 0 Å². The highest BCUT2D eigenvalue weighted by Crippen LogP contribution is 2.42. The van der Waals surface area contributed by atoms with Gasteiger partial charge >= 0.3 is 0 Å². The van der Waals surface area contributed by atoms with E-state index in [9.17, 15) is 15.2 Å². The number of thioether (sulfide) groups is 1. The number of hydrogen-bond donors (Lipinski definition) is 1. The Bertz CT molecular complexity index is 749. The molecule has 2 aromatic rings. The minimum atomic E-state index is -1.17. The van der Waals surface area contributed by atoms with Gasteiger partial charge in [0.25, 0.3) is 5.69 Å². The molecule has 6 nitrogen and oxygen atoms in total. The van der Waals surface area contributed by atoms with Gasteiger partial charge in [-0.3, -0.25) is 10.1 Å². The largest absolute Gasteiger partial charge is 0.373 e. The second-order valence-electron chi connectivity index (χ2n) is 5.28. The van der Waals surface area contributed by atoms with E-state index in [1.54, 1.807) is 12.1 Å². The number of hydrogen-bond acceptors (Lipinski definition) is 5. The predicted octanol–water partition coefficient (Wildman–Crippen LogP) is 3.11. The lowest BCUT2D eigenvalue weighted by molar-refractivity contribution is -0.384. The standard InChI is InChI=1S/C16H15N3O3S/c1-18-11-16(20,12-7-9-14(10-8-12)19(21)22)23-15(18)17-13-5-3-2-4-6-13/h2-10,20H,11H2,1H3. The van der Waals surface area contributed by atoms with Crippen LogP contribution in [0.1, 0.15) is 5.56 Å². The van der Waals surface area contributed by atoms with Crippen LogP contribution in [0.4, 0.5) is 11.4 Å². The van der Waals surface area contributed by atoms with Gasteiger partial charge in [0.15, 0.2) is 10.1 Å². The van der Waals surface area contributed by atoms with E-state index >= 15 is 0 Å². The average Bonchev–Trinajstić information content (AvgIpc) is 2.84. The third-order valence-corrected chi connectivity index (χ3v) is 4.84. The van der Waals surface area contributed by atoms with E-state index in [4.69, 9.17) is 0 Å². The van der Waals surface area contributed by atoms with Crippen molar-refractivity contribution >= 4 is 28.3 Å². The molecule has 3 rings (SSSR count). The van der Waals surface area contributed by atoms with E-state index in [1.807, 2.05) is 42.3 Å². The summed E-state index contributed by atoms with van der Waals surface area (Å²) in [5, 5.41) is 22.3. The number of nitro groups is 1. The first kappa shape index (κ1) is 15.5. The van der Waals surface area contributed by atoms with Crippen molar-refractivity contribution < 1.29 is 10.0 Å². The zero-order chi connectivity index (χ0) is 16.4. The molecular formula is C16H15N3O3S. The van der Waals surface area contributed by atoms with E-state index in [1.165, 1.54) is 23.9 Å². The summed E-state index contributed by atoms with van der Waals surface area (Å²) < 4.78 is 0. The Morgan fingerprint density at radius 1 is 1.22 bits per heavy atom. The molecule has 1 saturated heterocycles. The fourth-order valence-corrected chi connectivity index (χ4v) is 3.55. The Hall–Kier alpha value is -2.38. The molecule has 1 atom stereocenters. The smallest absolute Gasteiger partial charge is 0.269 e. The van der Waals surface area contributed by atoms with Crippen LogP contribution in [0.15, 0.2) is 59.6 Å². The summed E-state index contributed by atoms with van der Waals surface area (Å²) in [6, 6.07) is 15.5. The Balaban J connectivity index is 1.86. The predicted molar refractivity (Wildman–Crippen MR) is 90.8 cm³/mol. The number of nitrogens with zero attached hydrogens (tertiary/aromatic N) is 3. The maximum atomic E-state index is 10.9. The number of para-hydroxylation sites is 1. The summed E-state index contributed by atoms with van der Waals surface area (Å²) >= 11 is 1.24. The lowest BCUT2D eigenvalue weighted by atomic mass is 10.1. The molecule has 1 aliphatic heterocycles. The van der Waals surface area contributed by atoms with Gasteiger partial charge in [-0.2, -0.15) is 0 Å². The van der Waals surface area contributed by atoms with Crippen molar-refractivity contribution in [3.8, 4) is 0 Å². The molecule has 0 spiro atoms. The lowest BCUT2D eigenvalue weighted by Crippen LogP contribution is -2.28. The highest BCUT2D eigenvalue weighted by Gasteiger charge is 2.41. The third kappa shape index (κ3) is 3.20. The molecule has 7 heteroatoms. The van der Waals surface area contributed by atoms with Gasteiger partial charge in [-0.1, -0.05) is 18.2 Å². The van der Waals surface area contributed by atoms with Crippen molar-refractivity contribution in [3.05, 3.63) is 70.3 Å². The van der Waals surface area contributed by atoms with Crippen LogP contribution >= 0.6 is 11.8 Å². The molecule has 0 aromatic heterocycles. The monoisotopic (exact) mass is 329 g/mol. The molecule has 2 aromatic carbocycles. The number of rotatable bonds is 3. The SMILES string of the molecule is CN1CC(O)(c2ccc([N+](=O)[O-])cc2)SC1=Nc1ccccc1. The maximum Gasteiger partial charge on any atom is 0.269 e. The third-order valence-electron chi connectivity index (χ3n) is 3.55. The van der Waals surface area contributed by atoms with Crippen molar-refractivity contribution in [3.63, 3.8) is 0 Å². The number of aliphatic imine (C=N–C) groups is 1. The number of β-amino-alcohol motifs (C(OH)–C–C–N with tert-alkyl or cyclic N) is 1. The van der Waals surface area contributed by atoms with Crippen LogP contribution in [-0.2, 0) is 4.93 Å². The highest BCUT2D eigenvalue weighted by molar-refractivity contribution is 8.14. The Morgan fingerprint density at radius 2 is 1.87 bits per heavy atom. The summed E-state index contributed by atoms with van der Waals surface area (Å²) in [6.07, 6.45) is 0. The molecule has 23 heavy (non-hydrogen) atoms. The quantitative estimate of drug-likeness (QED) is 0.691. The molecule has 0 aliphatic carbocycles. The van der Waals surface area contributed by atoms with E-state index in [2.05, 4.69) is 4.99 Å². The van der Waals surface area contributed by atoms with Gasteiger partial charge in [0.1, 0.15) is 0 Å². The van der Waals surface area contributed by atoms with E-state index in [0.29, 0.717) is 17.3 Å². The summed E-state index contributed by atoms with van der Waals surface area (Å²) in [5.74, 6) is 0. The number of aliphatic hydroxyl groups is 1. The van der Waals surface area contributed by atoms with Gasteiger partial charge in [0, 0.05) is 19.2 Å². The fourth-order valence-electron chi connectivity index (χ4n) is 2.37. The first-order chi connectivity index (χ1) is 11.0. The van der Waals surface area contributed by atoms with Gasteiger partial charge in [0.2, 0.25) is 0 Å². The topological polar surface area (TPSA) is 79.0 Å². The molecule has 0 saturated carbocycles. The number of benzene rings is 2. The van der Waals surface area contributed by atoms with Crippen molar-refractivity contribution in [2.45, 2.75) is 4.93 Å². The minimum absolute atomic E-state index is 0.00637. The van der Waals surface area contributed by atoms with E-state index < -0.39 is 9.86 Å². The number of nitro benzene ring substituents is 1. The zero-order valence-electron chi connectivity index (χ0n) is 12.4. The molecule has 1 aliphatic rings. The molecule has 1 heterocycles. The van der Waals surface area contributed by atoms with Gasteiger partial charge in [-0.05, 0) is 41.6 Å². The molecular weight excluding hydrogens is 314 g/mol. The van der Waals surface area contributed by atoms with Crippen molar-refractivity contribution in [2.75, 3.05) is 13.6 Å². The van der Waals surface area contributed by atoms with Crippen molar-refractivity contribution in [1.29, 1.82) is 0 Å². The molecule has 1 unspecified atom stereocenters. The van der Waals surface area contributed by atoms with Crippen LogP contribution in [-0.4, -0.2) is 33.7 Å². The number of non-ortho nitro benzene ring substituents is 1. The molecule has 1 fully saturated rings. The number of likely N-dealkylation sites (N-methyl/N-ethyl adjacent to an activating group) is 1. The lowest BCUT2D eigenvalue weighted by Gasteiger charge is -2.20. The summed E-state index contributed by atoms with van der Waals surface area (Å²) in [4.78, 5) is 15.5. The van der Waals surface area contributed by atoms with Gasteiger partial charge < -0.3 is 10.0 Å². The molecule has 0 radical (unpaired) electrons. The van der Waals surface area contributed by atoms with Crippen LogP contribution in [0.3, 0.4) is 0 Å². The zero-order valence-corrected chi connectivity index (χ0v) is 13.2. The Morgan fingerprint density at radius 3 is 2.48 bits per heavy atom. The number of amidine groups is 1. The maximum absolute atomic E-state index is 10.9. The fraction of sp³-hybridized carbons (Fsp3) is 0.188. The molecule has 1 N–H and O–H groups in total. The van der Waals surface area contributed by atoms with Gasteiger partial charge in [-0.25, -0.2) is 4.99 Å². The Kier molecular flexibility index (Phi) is 4.06. The highest BCUT2D eigenvalue weighted by atomic mass is 32.2. The first-order valence-corrected chi connectivity index (χ1v) is 7.81. The second kappa shape index (κ2) is 6.02. The summed E-state index contributed by atoms with van der Waals surface area (Å²) in [5.41, 5.74) is 1.44. The van der Waals surface area contributed by atoms with E-state index in [-0.39, 0.29) is 5.69 Å². The second-order valence-corrected chi connectivity index (χ2v) is 6.52. The normalized spacial score (nSPS) is 22.5. The summed E-state index contributed by atoms with van der Waals surface area (Å²) in [6.45, 7) is 0.362. The van der Waals surface area contributed by atoms with Crippen molar-refractivity contribution in [2.24, 2.45) is 4.99 Å². The average molecular weight is 329 g/mol. The van der Waals surface area contributed by atoms with Crippen LogP contribution in [0.25, 0.3) is 0 Å². The molecule has 0 bridgehead atoms. The van der Waals surface area contributed by atoms with Crippen LogP contribution < -0.4 is 0 Å². The van der Waals surface area contributed by atoms with Crippen LogP contribution in [0.5, 0.6) is 0 Å².